The molecule has 3 nitrogen and oxygen atoms in total. The van der Waals surface area contributed by atoms with Crippen molar-refractivity contribution in [1.29, 1.82) is 0 Å². The van der Waals surface area contributed by atoms with Crippen molar-refractivity contribution >= 4 is 11.6 Å². The quantitative estimate of drug-likeness (QED) is 0.830. The fourth-order valence-electron chi connectivity index (χ4n) is 4.79. The Labute approximate surface area is 158 Å². The van der Waals surface area contributed by atoms with E-state index in [1.165, 1.54) is 57.4 Å². The van der Waals surface area contributed by atoms with Gasteiger partial charge in [0, 0.05) is 23.0 Å². The molecule has 0 amide bonds. The third-order valence-electron chi connectivity index (χ3n) is 6.11. The molecule has 0 saturated carbocycles. The van der Waals surface area contributed by atoms with Crippen LogP contribution in [0.5, 0.6) is 0 Å². The van der Waals surface area contributed by atoms with Crippen LogP contribution in [0.1, 0.15) is 44.6 Å². The van der Waals surface area contributed by atoms with Crippen LogP contribution in [0.25, 0.3) is 0 Å². The maximum atomic E-state index is 10.2. The van der Waals surface area contributed by atoms with Gasteiger partial charge in [0.25, 0.3) is 0 Å². The van der Waals surface area contributed by atoms with E-state index in [9.17, 15) is 5.11 Å². The van der Waals surface area contributed by atoms with Gasteiger partial charge in [0.15, 0.2) is 0 Å². The molecule has 1 aromatic carbocycles. The van der Waals surface area contributed by atoms with Gasteiger partial charge in [-0.1, -0.05) is 30.7 Å². The van der Waals surface area contributed by atoms with Gasteiger partial charge in [-0.2, -0.15) is 0 Å². The van der Waals surface area contributed by atoms with Gasteiger partial charge in [-0.25, -0.2) is 0 Å². The molecule has 0 spiro atoms. The minimum atomic E-state index is -0.0104. The van der Waals surface area contributed by atoms with Crippen molar-refractivity contribution in [2.45, 2.75) is 51.5 Å². The Morgan fingerprint density at radius 1 is 1.24 bits per heavy atom. The molecule has 0 aliphatic carbocycles. The Hall–Kier alpha value is -0.610. The van der Waals surface area contributed by atoms with Gasteiger partial charge in [0.1, 0.15) is 0 Å². The first kappa shape index (κ1) is 19.2. The minimum Gasteiger partial charge on any atom is -0.396 e. The molecule has 4 heteroatoms. The molecule has 2 aliphatic heterocycles. The standard InChI is InChI=1S/C21H33ClN2O/c1-2-10-23-12-7-20(8-13-23)24-11-4-9-21(16-24,17-25)15-18-5-3-6-19(22)14-18/h3,5-6,14,20,25H,2,4,7-13,15-17H2,1H3. The predicted octanol–water partition coefficient (Wildman–Crippen LogP) is 3.83. The van der Waals surface area contributed by atoms with Crippen LogP contribution >= 0.6 is 11.6 Å². The first-order valence-corrected chi connectivity index (χ1v) is 10.3. The van der Waals surface area contributed by atoms with Crippen LogP contribution in [-0.4, -0.2) is 60.3 Å². The number of hydrogen-bond donors (Lipinski definition) is 1. The molecule has 2 saturated heterocycles. The molecule has 1 N–H and O–H groups in total. The molecule has 25 heavy (non-hydrogen) atoms. The van der Waals surface area contributed by atoms with Gasteiger partial charge in [0.2, 0.25) is 0 Å². The zero-order valence-electron chi connectivity index (χ0n) is 15.6. The number of aliphatic hydroxyl groups excluding tert-OH is 1. The summed E-state index contributed by atoms with van der Waals surface area (Å²) in [6.07, 6.45) is 7.03. The molecule has 140 valence electrons. The van der Waals surface area contributed by atoms with Crippen molar-refractivity contribution in [2.24, 2.45) is 5.41 Å². The highest BCUT2D eigenvalue weighted by atomic mass is 35.5. The molecule has 0 bridgehead atoms. The second-order valence-corrected chi connectivity index (χ2v) is 8.55. The van der Waals surface area contributed by atoms with Crippen molar-refractivity contribution < 1.29 is 5.11 Å². The van der Waals surface area contributed by atoms with E-state index in [-0.39, 0.29) is 12.0 Å². The molecule has 2 heterocycles. The van der Waals surface area contributed by atoms with Crippen molar-refractivity contribution in [3.05, 3.63) is 34.9 Å². The first-order chi connectivity index (χ1) is 12.1. The Kier molecular flexibility index (Phi) is 6.79. The van der Waals surface area contributed by atoms with Gasteiger partial charge in [-0.15, -0.1) is 0 Å². The molecule has 1 atom stereocenters. The van der Waals surface area contributed by atoms with E-state index in [1.807, 2.05) is 12.1 Å². The number of piperidine rings is 2. The summed E-state index contributed by atoms with van der Waals surface area (Å²) in [6, 6.07) is 8.84. The van der Waals surface area contributed by atoms with E-state index in [2.05, 4.69) is 28.9 Å². The number of halogens is 1. The smallest absolute Gasteiger partial charge is 0.0502 e. The second-order valence-electron chi connectivity index (χ2n) is 8.11. The van der Waals surface area contributed by atoms with Gasteiger partial charge in [0.05, 0.1) is 6.61 Å². The first-order valence-electron chi connectivity index (χ1n) is 9.96. The zero-order valence-corrected chi connectivity index (χ0v) is 16.3. The average Bonchev–Trinajstić information content (AvgIpc) is 2.63. The summed E-state index contributed by atoms with van der Waals surface area (Å²) >= 11 is 6.16. The van der Waals surface area contributed by atoms with E-state index in [0.29, 0.717) is 6.04 Å². The monoisotopic (exact) mass is 364 g/mol. The Morgan fingerprint density at radius 3 is 2.72 bits per heavy atom. The Bertz CT molecular complexity index is 544. The van der Waals surface area contributed by atoms with E-state index in [1.54, 1.807) is 0 Å². The fourth-order valence-corrected chi connectivity index (χ4v) is 5.00. The van der Waals surface area contributed by atoms with Crippen molar-refractivity contribution in [1.82, 2.24) is 9.80 Å². The molecule has 0 radical (unpaired) electrons. The lowest BCUT2D eigenvalue weighted by molar-refractivity contribution is -0.00273. The highest BCUT2D eigenvalue weighted by molar-refractivity contribution is 6.30. The largest absolute Gasteiger partial charge is 0.396 e. The van der Waals surface area contributed by atoms with E-state index >= 15 is 0 Å². The van der Waals surface area contributed by atoms with E-state index in [0.717, 1.165) is 24.4 Å². The molecule has 3 rings (SSSR count). The Morgan fingerprint density at radius 2 is 2.04 bits per heavy atom. The fraction of sp³-hybridized carbons (Fsp3) is 0.714. The van der Waals surface area contributed by atoms with Crippen LogP contribution in [0.2, 0.25) is 5.02 Å². The SMILES string of the molecule is CCCN1CCC(N2CCCC(CO)(Cc3cccc(Cl)c3)C2)CC1. The molecule has 2 fully saturated rings. The van der Waals surface area contributed by atoms with Crippen LogP contribution in [0.4, 0.5) is 0 Å². The summed E-state index contributed by atoms with van der Waals surface area (Å²) in [5, 5.41) is 11.0. The van der Waals surface area contributed by atoms with Crippen molar-refractivity contribution in [3.8, 4) is 0 Å². The Balaban J connectivity index is 1.62. The van der Waals surface area contributed by atoms with E-state index < -0.39 is 0 Å². The van der Waals surface area contributed by atoms with Crippen LogP contribution < -0.4 is 0 Å². The lowest BCUT2D eigenvalue weighted by atomic mass is 9.75. The third-order valence-corrected chi connectivity index (χ3v) is 6.34. The normalized spacial score (nSPS) is 26.8. The molecule has 1 unspecified atom stereocenters. The van der Waals surface area contributed by atoms with Gasteiger partial charge >= 0.3 is 0 Å². The van der Waals surface area contributed by atoms with Gasteiger partial charge in [-0.3, -0.25) is 4.90 Å². The summed E-state index contributed by atoms with van der Waals surface area (Å²) in [4.78, 5) is 5.28. The summed E-state index contributed by atoms with van der Waals surface area (Å²) in [5.74, 6) is 0. The minimum absolute atomic E-state index is 0.0104. The second kappa shape index (κ2) is 8.85. The summed E-state index contributed by atoms with van der Waals surface area (Å²) < 4.78 is 0. The lowest BCUT2D eigenvalue weighted by Gasteiger charge is -2.47. The summed E-state index contributed by atoms with van der Waals surface area (Å²) in [6.45, 7) is 8.45. The lowest BCUT2D eigenvalue weighted by Crippen LogP contribution is -2.53. The third kappa shape index (κ3) is 4.97. The number of rotatable bonds is 6. The summed E-state index contributed by atoms with van der Waals surface area (Å²) in [7, 11) is 0. The van der Waals surface area contributed by atoms with Crippen molar-refractivity contribution in [2.75, 3.05) is 39.3 Å². The number of aliphatic hydroxyl groups is 1. The maximum Gasteiger partial charge on any atom is 0.0502 e. The molecule has 0 aromatic heterocycles. The number of benzene rings is 1. The molecule has 2 aliphatic rings. The molecular weight excluding hydrogens is 332 g/mol. The molecular formula is C21H33ClN2O. The van der Waals surface area contributed by atoms with Crippen LogP contribution in [0.3, 0.4) is 0 Å². The highest BCUT2D eigenvalue weighted by Crippen LogP contribution is 2.36. The van der Waals surface area contributed by atoms with E-state index in [4.69, 9.17) is 11.6 Å². The van der Waals surface area contributed by atoms with Crippen LogP contribution in [0.15, 0.2) is 24.3 Å². The van der Waals surface area contributed by atoms with Crippen LogP contribution in [0, 0.1) is 5.41 Å². The summed E-state index contributed by atoms with van der Waals surface area (Å²) in [5.41, 5.74) is 1.24. The average molecular weight is 365 g/mol. The number of nitrogens with zero attached hydrogens (tertiary/aromatic N) is 2. The van der Waals surface area contributed by atoms with Crippen molar-refractivity contribution in [3.63, 3.8) is 0 Å². The number of likely N-dealkylation sites (tertiary alicyclic amines) is 2. The predicted molar refractivity (Wildman–Crippen MR) is 105 cm³/mol. The molecule has 1 aromatic rings. The van der Waals surface area contributed by atoms with Gasteiger partial charge in [-0.05, 0) is 82.4 Å². The number of hydrogen-bond acceptors (Lipinski definition) is 3. The van der Waals surface area contributed by atoms with Crippen LogP contribution in [-0.2, 0) is 6.42 Å². The maximum absolute atomic E-state index is 10.2. The topological polar surface area (TPSA) is 26.7 Å². The zero-order chi connectivity index (χ0) is 17.7. The van der Waals surface area contributed by atoms with Gasteiger partial charge < -0.3 is 10.0 Å². The highest BCUT2D eigenvalue weighted by Gasteiger charge is 2.38.